The molecule has 0 radical (unpaired) electrons. The maximum absolute atomic E-state index is 14.6. The van der Waals surface area contributed by atoms with Gasteiger partial charge < -0.3 is 40.3 Å². The van der Waals surface area contributed by atoms with Crippen LogP contribution in [0.2, 0.25) is 0 Å². The molecular formula is C40H32F2N10O6. The van der Waals surface area contributed by atoms with E-state index in [1.807, 2.05) is 0 Å². The molecular weight excluding hydrogens is 754 g/mol. The van der Waals surface area contributed by atoms with Crippen LogP contribution in [0.1, 0.15) is 57.1 Å². The summed E-state index contributed by atoms with van der Waals surface area (Å²) >= 11 is 0. The van der Waals surface area contributed by atoms with Gasteiger partial charge in [-0.15, -0.1) is 0 Å². The Bertz CT molecular complexity index is 2510. The molecule has 2 aromatic carbocycles. The number of fused-ring (bicyclic) bond motifs is 6. The Labute approximate surface area is 328 Å². The number of hydrogen-bond acceptors (Lipinski definition) is 12. The summed E-state index contributed by atoms with van der Waals surface area (Å²) < 4.78 is 43.9. The minimum absolute atomic E-state index is 0.0431. The molecule has 58 heavy (non-hydrogen) atoms. The molecule has 2 amide bonds. The fourth-order valence-electron chi connectivity index (χ4n) is 5.86. The molecule has 8 rings (SSSR count). The second kappa shape index (κ2) is 15.5. The van der Waals surface area contributed by atoms with Crippen molar-refractivity contribution in [3.8, 4) is 58.0 Å². The van der Waals surface area contributed by atoms with Crippen molar-refractivity contribution >= 4 is 11.8 Å². The van der Waals surface area contributed by atoms with Crippen LogP contribution in [0.25, 0.3) is 22.8 Å². The van der Waals surface area contributed by atoms with Crippen molar-refractivity contribution in [1.82, 2.24) is 39.0 Å². The largest absolute Gasteiger partial charge is 0.491 e. The van der Waals surface area contributed by atoms with Crippen LogP contribution in [0, 0.1) is 35.3 Å². The number of halogens is 2. The number of aliphatic hydroxyl groups is 2. The zero-order chi connectivity index (χ0) is 41.2. The summed E-state index contributed by atoms with van der Waals surface area (Å²) in [6, 6.07) is 5.39. The van der Waals surface area contributed by atoms with Crippen molar-refractivity contribution in [2.75, 3.05) is 13.2 Å². The predicted octanol–water partition coefficient (Wildman–Crippen LogP) is 2.46. The lowest BCUT2D eigenvalue weighted by Crippen LogP contribution is -2.19. The fourth-order valence-corrected chi connectivity index (χ4v) is 5.86. The minimum Gasteiger partial charge on any atom is -0.491 e. The van der Waals surface area contributed by atoms with Gasteiger partial charge in [-0.1, -0.05) is 23.7 Å². The van der Waals surface area contributed by atoms with Gasteiger partial charge in [-0.05, 0) is 26.0 Å². The van der Waals surface area contributed by atoms with Crippen LogP contribution >= 0.6 is 0 Å². The molecule has 6 heterocycles. The molecule has 0 spiro atoms. The van der Waals surface area contributed by atoms with Crippen molar-refractivity contribution in [3.63, 3.8) is 0 Å². The normalized spacial score (nSPS) is 14.3. The predicted molar refractivity (Wildman–Crippen MR) is 200 cm³/mol. The Morgan fingerprint density at radius 1 is 0.690 bits per heavy atom. The number of ether oxygens (including phenoxy) is 2. The first-order valence-corrected chi connectivity index (χ1v) is 17.4. The maximum atomic E-state index is 14.6. The van der Waals surface area contributed by atoms with E-state index in [1.54, 1.807) is 9.13 Å². The highest BCUT2D eigenvalue weighted by atomic mass is 19.1. The Kier molecular flexibility index (Phi) is 10.4. The summed E-state index contributed by atoms with van der Waals surface area (Å²) in [7, 11) is 0. The molecule has 0 unspecified atom stereocenters. The summed E-state index contributed by atoms with van der Waals surface area (Å²) in [5, 5.41) is 21.2. The van der Waals surface area contributed by atoms with Crippen molar-refractivity contribution in [2.24, 2.45) is 11.5 Å². The molecule has 292 valence electrons. The number of primary amides is 2. The Morgan fingerprint density at radius 2 is 1.07 bits per heavy atom. The molecule has 16 nitrogen and oxygen atoms in total. The van der Waals surface area contributed by atoms with Crippen LogP contribution in [0.4, 0.5) is 8.78 Å². The maximum Gasteiger partial charge on any atom is 0.268 e. The first-order chi connectivity index (χ1) is 27.7. The Morgan fingerprint density at radius 3 is 1.43 bits per heavy atom. The van der Waals surface area contributed by atoms with Gasteiger partial charge in [-0.2, -0.15) is 0 Å². The van der Waals surface area contributed by atoms with Crippen LogP contribution in [0.5, 0.6) is 11.5 Å². The highest BCUT2D eigenvalue weighted by Crippen LogP contribution is 2.36. The third-order valence-corrected chi connectivity index (χ3v) is 8.98. The van der Waals surface area contributed by atoms with Gasteiger partial charge in [-0.3, -0.25) is 9.59 Å². The highest BCUT2D eigenvalue weighted by molar-refractivity contribution is 5.92. The standard InChI is InChI=1S/2C20H16FN5O3/c2*1-20(28,13-8-23-11-24-9-13)3-2-12-6-14-17(7-15(12)21)29-5-4-26-10-16(18(22)27)25-19(14)26/h2*6-11,28H,4-5H2,1H3,(H2,22,27)/t2*20-/m10/s1. The van der Waals surface area contributed by atoms with Gasteiger partial charge in [0.05, 0.1) is 35.3 Å². The second-order valence-electron chi connectivity index (χ2n) is 13.3. The van der Waals surface area contributed by atoms with E-state index in [9.17, 15) is 28.6 Å². The molecule has 4 aromatic heterocycles. The van der Waals surface area contributed by atoms with E-state index in [1.165, 1.54) is 87.9 Å². The number of nitrogens with two attached hydrogens (primary N) is 2. The molecule has 18 heteroatoms. The topological polar surface area (TPSA) is 232 Å². The van der Waals surface area contributed by atoms with Crippen LogP contribution < -0.4 is 20.9 Å². The number of benzene rings is 2. The molecule has 0 saturated carbocycles. The van der Waals surface area contributed by atoms with Crippen LogP contribution in [-0.2, 0) is 24.3 Å². The van der Waals surface area contributed by atoms with E-state index >= 15 is 0 Å². The molecule has 0 bridgehead atoms. The summed E-state index contributed by atoms with van der Waals surface area (Å²) in [4.78, 5) is 46.9. The Balaban J connectivity index is 0.000000177. The minimum atomic E-state index is -1.57. The average molecular weight is 787 g/mol. The van der Waals surface area contributed by atoms with Gasteiger partial charge in [0.2, 0.25) is 0 Å². The molecule has 0 aliphatic carbocycles. The first kappa shape index (κ1) is 38.7. The van der Waals surface area contributed by atoms with Gasteiger partial charge in [0, 0.05) is 60.4 Å². The lowest BCUT2D eigenvalue weighted by atomic mass is 9.99. The van der Waals surface area contributed by atoms with Crippen molar-refractivity contribution < 1.29 is 38.1 Å². The smallest absolute Gasteiger partial charge is 0.268 e. The van der Waals surface area contributed by atoms with Gasteiger partial charge in [0.25, 0.3) is 11.8 Å². The van der Waals surface area contributed by atoms with Crippen molar-refractivity contribution in [2.45, 2.75) is 38.1 Å². The first-order valence-electron chi connectivity index (χ1n) is 17.4. The molecule has 0 fully saturated rings. The van der Waals surface area contributed by atoms with Gasteiger partial charge in [0.15, 0.2) is 11.2 Å². The van der Waals surface area contributed by atoms with E-state index in [-0.39, 0.29) is 47.2 Å². The van der Waals surface area contributed by atoms with E-state index in [0.29, 0.717) is 47.0 Å². The SMILES string of the molecule is C[C@@](O)(C#Cc1cc2c(cc1F)OCCn1cc(C(N)=O)nc1-2)c1cncnc1.C[C@](O)(C#Cc1cc2c(cc1F)OCCn1cc(C(N)=O)nc1-2)c1cncnc1. The number of carbonyl (C=O) groups is 2. The average Bonchev–Trinajstić information content (AvgIpc) is 3.75. The highest BCUT2D eigenvalue weighted by Gasteiger charge is 2.26. The summed E-state index contributed by atoms with van der Waals surface area (Å²) in [6.07, 6.45) is 11.5. The Hall–Kier alpha value is -7.54. The summed E-state index contributed by atoms with van der Waals surface area (Å²) in [5.74, 6) is 9.54. The molecule has 2 aliphatic heterocycles. The molecule has 6 N–H and O–H groups in total. The number of imidazole rings is 2. The van der Waals surface area contributed by atoms with Gasteiger partial charge in [0.1, 0.15) is 72.0 Å². The molecule has 2 atom stereocenters. The van der Waals surface area contributed by atoms with Crippen LogP contribution in [0.15, 0.2) is 74.1 Å². The van der Waals surface area contributed by atoms with Crippen LogP contribution in [0.3, 0.4) is 0 Å². The molecule has 6 aromatic rings. The van der Waals surface area contributed by atoms with Gasteiger partial charge in [-0.25, -0.2) is 38.7 Å². The quantitative estimate of drug-likeness (QED) is 0.189. The van der Waals surface area contributed by atoms with Crippen molar-refractivity contribution in [1.29, 1.82) is 0 Å². The lowest BCUT2D eigenvalue weighted by molar-refractivity contribution is 0.0987. The monoisotopic (exact) mass is 786 g/mol. The summed E-state index contributed by atoms with van der Waals surface area (Å²) in [5.41, 5.74) is 9.51. The zero-order valence-electron chi connectivity index (χ0n) is 30.8. The number of hydrogen-bond donors (Lipinski definition) is 4. The van der Waals surface area contributed by atoms with Gasteiger partial charge >= 0.3 is 0 Å². The van der Waals surface area contributed by atoms with Crippen LogP contribution in [-0.4, -0.2) is 74.3 Å². The molecule has 0 saturated heterocycles. The number of carbonyl (C=O) groups excluding carboxylic acids is 2. The van der Waals surface area contributed by atoms with E-state index < -0.39 is 34.7 Å². The second-order valence-corrected chi connectivity index (χ2v) is 13.3. The number of nitrogens with zero attached hydrogens (tertiary/aromatic N) is 8. The summed E-state index contributed by atoms with van der Waals surface area (Å²) in [6.45, 7) is 4.35. The number of amides is 2. The lowest BCUT2D eigenvalue weighted by Gasteiger charge is -2.15. The third-order valence-electron chi connectivity index (χ3n) is 8.98. The zero-order valence-corrected chi connectivity index (χ0v) is 30.8. The van der Waals surface area contributed by atoms with E-state index in [0.717, 1.165) is 0 Å². The van der Waals surface area contributed by atoms with Crippen molar-refractivity contribution in [3.05, 3.63) is 119 Å². The van der Waals surface area contributed by atoms with E-state index in [2.05, 4.69) is 53.6 Å². The number of rotatable bonds is 4. The number of aromatic nitrogens is 8. The molecule has 2 aliphatic rings. The third kappa shape index (κ3) is 8.05. The fraction of sp³-hybridized carbons (Fsp3) is 0.200. The van der Waals surface area contributed by atoms with E-state index in [4.69, 9.17) is 20.9 Å².